The van der Waals surface area contributed by atoms with Crippen molar-refractivity contribution in [3.05, 3.63) is 52.2 Å². The molecule has 0 radical (unpaired) electrons. The molecule has 2 rings (SSSR count). The number of hydrogen-bond acceptors (Lipinski definition) is 5. The van der Waals surface area contributed by atoms with Crippen LogP contribution in [0.4, 0.5) is 4.39 Å². The van der Waals surface area contributed by atoms with Crippen LogP contribution in [0.25, 0.3) is 0 Å². The molecule has 1 aromatic carbocycles. The molecule has 0 aliphatic rings. The zero-order chi connectivity index (χ0) is 15.2. The highest BCUT2D eigenvalue weighted by atomic mass is 19.1. The van der Waals surface area contributed by atoms with E-state index in [0.717, 1.165) is 4.68 Å². The summed E-state index contributed by atoms with van der Waals surface area (Å²) in [6, 6.07) is 6.03. The van der Waals surface area contributed by atoms with Gasteiger partial charge in [0, 0.05) is 18.2 Å². The molecule has 0 saturated carbocycles. The second-order valence-electron chi connectivity index (χ2n) is 4.26. The Bertz CT molecular complexity index is 673. The van der Waals surface area contributed by atoms with Crippen LogP contribution in [0.2, 0.25) is 0 Å². The lowest BCUT2D eigenvalue weighted by Gasteiger charge is -2.09. The maximum atomic E-state index is 14.0. The molecule has 0 unspecified atom stereocenters. The van der Waals surface area contributed by atoms with Gasteiger partial charge in [0.25, 0.3) is 5.56 Å². The van der Waals surface area contributed by atoms with E-state index in [9.17, 15) is 9.18 Å². The zero-order valence-electron chi connectivity index (χ0n) is 11.6. The van der Waals surface area contributed by atoms with Gasteiger partial charge < -0.3 is 15.2 Å². The van der Waals surface area contributed by atoms with E-state index in [1.807, 2.05) is 0 Å². The normalized spacial score (nSPS) is 10.4. The summed E-state index contributed by atoms with van der Waals surface area (Å²) in [5.74, 6) is -0.0339. The first-order chi connectivity index (χ1) is 10.2. The van der Waals surface area contributed by atoms with Gasteiger partial charge in [0.1, 0.15) is 12.4 Å². The van der Waals surface area contributed by atoms with Crippen molar-refractivity contribution in [3.8, 4) is 11.5 Å². The van der Waals surface area contributed by atoms with Crippen molar-refractivity contribution in [2.75, 3.05) is 20.3 Å². The van der Waals surface area contributed by atoms with Gasteiger partial charge in [-0.1, -0.05) is 12.1 Å². The minimum Gasteiger partial charge on any atom is -0.494 e. The average molecular weight is 293 g/mol. The predicted octanol–water partition coefficient (Wildman–Crippen LogP) is 0.777. The minimum atomic E-state index is -0.503. The molecule has 1 aromatic heterocycles. The standard InChI is InChI=1S/C14H16FN3O3/c1-20-12-4-2-3-10(14(12)15)9-18-13(19)7-11(8-17-18)21-6-5-16/h2-4,7-8H,5-6,9,16H2,1H3. The Hall–Kier alpha value is -2.41. The van der Waals surface area contributed by atoms with Crippen molar-refractivity contribution in [2.45, 2.75) is 6.54 Å². The Morgan fingerprint density at radius 2 is 2.24 bits per heavy atom. The van der Waals surface area contributed by atoms with Gasteiger partial charge in [-0.05, 0) is 6.07 Å². The molecule has 0 spiro atoms. The van der Waals surface area contributed by atoms with Crippen LogP contribution in [-0.2, 0) is 6.54 Å². The summed E-state index contributed by atoms with van der Waals surface area (Å²) in [6.07, 6.45) is 1.40. The molecule has 21 heavy (non-hydrogen) atoms. The number of halogens is 1. The smallest absolute Gasteiger partial charge is 0.270 e. The Labute approximate surface area is 120 Å². The highest BCUT2D eigenvalue weighted by Gasteiger charge is 2.10. The molecule has 2 N–H and O–H groups in total. The van der Waals surface area contributed by atoms with E-state index < -0.39 is 5.82 Å². The monoisotopic (exact) mass is 293 g/mol. The summed E-state index contributed by atoms with van der Waals surface area (Å²) >= 11 is 0. The molecular formula is C14H16FN3O3. The number of rotatable bonds is 6. The van der Waals surface area contributed by atoms with Crippen LogP contribution >= 0.6 is 0 Å². The molecule has 112 valence electrons. The summed E-state index contributed by atoms with van der Waals surface area (Å²) in [7, 11) is 1.39. The first-order valence-corrected chi connectivity index (χ1v) is 6.37. The zero-order valence-corrected chi connectivity index (χ0v) is 11.6. The molecular weight excluding hydrogens is 277 g/mol. The number of ether oxygens (including phenoxy) is 2. The third kappa shape index (κ3) is 3.57. The molecule has 0 aliphatic heterocycles. The molecule has 1 heterocycles. The first-order valence-electron chi connectivity index (χ1n) is 6.37. The van der Waals surface area contributed by atoms with E-state index in [2.05, 4.69) is 5.10 Å². The van der Waals surface area contributed by atoms with Crippen LogP contribution in [0.3, 0.4) is 0 Å². The minimum absolute atomic E-state index is 0.0129. The van der Waals surface area contributed by atoms with Gasteiger partial charge in [-0.15, -0.1) is 0 Å². The lowest BCUT2D eigenvalue weighted by atomic mass is 10.2. The summed E-state index contributed by atoms with van der Waals surface area (Å²) in [6.45, 7) is 0.660. The fourth-order valence-corrected chi connectivity index (χ4v) is 1.79. The van der Waals surface area contributed by atoms with Crippen molar-refractivity contribution in [1.29, 1.82) is 0 Å². The number of benzene rings is 1. The van der Waals surface area contributed by atoms with Gasteiger partial charge in [-0.2, -0.15) is 5.10 Å². The van der Waals surface area contributed by atoms with E-state index >= 15 is 0 Å². The topological polar surface area (TPSA) is 79.4 Å². The van der Waals surface area contributed by atoms with Gasteiger partial charge in [-0.3, -0.25) is 4.79 Å². The van der Waals surface area contributed by atoms with Crippen LogP contribution in [-0.4, -0.2) is 30.0 Å². The summed E-state index contributed by atoms with van der Waals surface area (Å²) in [4.78, 5) is 11.9. The Balaban J connectivity index is 2.22. The van der Waals surface area contributed by atoms with Crippen molar-refractivity contribution in [3.63, 3.8) is 0 Å². The predicted molar refractivity (Wildman–Crippen MR) is 75.1 cm³/mol. The lowest BCUT2D eigenvalue weighted by Crippen LogP contribution is -2.23. The van der Waals surface area contributed by atoms with E-state index in [1.165, 1.54) is 25.4 Å². The maximum Gasteiger partial charge on any atom is 0.270 e. The van der Waals surface area contributed by atoms with Crippen molar-refractivity contribution in [2.24, 2.45) is 5.73 Å². The van der Waals surface area contributed by atoms with E-state index in [1.54, 1.807) is 12.1 Å². The lowest BCUT2D eigenvalue weighted by molar-refractivity contribution is 0.324. The second-order valence-corrected chi connectivity index (χ2v) is 4.26. The summed E-state index contributed by atoms with van der Waals surface area (Å²) in [5.41, 5.74) is 5.24. The van der Waals surface area contributed by atoms with Crippen molar-refractivity contribution < 1.29 is 13.9 Å². The molecule has 0 atom stereocenters. The number of aromatic nitrogens is 2. The van der Waals surface area contributed by atoms with Crippen molar-refractivity contribution >= 4 is 0 Å². The Kier molecular flexibility index (Phi) is 4.89. The molecule has 6 nitrogen and oxygen atoms in total. The molecule has 2 aromatic rings. The number of nitrogens with zero attached hydrogens (tertiary/aromatic N) is 2. The molecule has 0 saturated heterocycles. The number of nitrogens with two attached hydrogens (primary N) is 1. The SMILES string of the molecule is COc1cccc(Cn2ncc(OCCN)cc2=O)c1F. The highest BCUT2D eigenvalue weighted by molar-refractivity contribution is 5.31. The quantitative estimate of drug-likeness (QED) is 0.851. The number of hydrogen-bond donors (Lipinski definition) is 1. The molecule has 7 heteroatoms. The summed E-state index contributed by atoms with van der Waals surface area (Å²) in [5, 5.41) is 3.95. The van der Waals surface area contributed by atoms with Gasteiger partial charge in [0.2, 0.25) is 0 Å². The van der Waals surface area contributed by atoms with E-state index in [0.29, 0.717) is 24.5 Å². The average Bonchev–Trinajstić information content (AvgIpc) is 2.49. The van der Waals surface area contributed by atoms with E-state index in [-0.39, 0.29) is 17.9 Å². The highest BCUT2D eigenvalue weighted by Crippen LogP contribution is 2.20. The van der Waals surface area contributed by atoms with Crippen LogP contribution in [0.5, 0.6) is 11.5 Å². The van der Waals surface area contributed by atoms with Crippen LogP contribution in [0.1, 0.15) is 5.56 Å². The first kappa shape index (κ1) is 15.0. The molecule has 0 bridgehead atoms. The number of methoxy groups -OCH3 is 1. The van der Waals surface area contributed by atoms with Gasteiger partial charge in [0.05, 0.1) is 19.9 Å². The maximum absolute atomic E-state index is 14.0. The van der Waals surface area contributed by atoms with Gasteiger partial charge in [0.15, 0.2) is 11.6 Å². The van der Waals surface area contributed by atoms with E-state index in [4.69, 9.17) is 15.2 Å². The molecule has 0 aliphatic carbocycles. The van der Waals surface area contributed by atoms with Gasteiger partial charge >= 0.3 is 0 Å². The second kappa shape index (κ2) is 6.85. The van der Waals surface area contributed by atoms with Gasteiger partial charge in [-0.25, -0.2) is 9.07 Å². The van der Waals surface area contributed by atoms with Crippen LogP contribution in [0.15, 0.2) is 35.3 Å². The fraction of sp³-hybridized carbons (Fsp3) is 0.286. The molecule has 0 fully saturated rings. The summed E-state index contributed by atoms with van der Waals surface area (Å²) < 4.78 is 25.3. The van der Waals surface area contributed by atoms with Crippen molar-refractivity contribution in [1.82, 2.24) is 9.78 Å². The molecule has 0 amide bonds. The Morgan fingerprint density at radius 1 is 1.43 bits per heavy atom. The Morgan fingerprint density at radius 3 is 2.90 bits per heavy atom. The third-order valence-electron chi connectivity index (χ3n) is 2.81. The van der Waals surface area contributed by atoms with Crippen LogP contribution in [0, 0.1) is 5.82 Å². The fourth-order valence-electron chi connectivity index (χ4n) is 1.79. The van der Waals surface area contributed by atoms with Crippen LogP contribution < -0.4 is 20.8 Å². The largest absolute Gasteiger partial charge is 0.494 e. The third-order valence-corrected chi connectivity index (χ3v) is 2.81.